The first-order valence-corrected chi connectivity index (χ1v) is 5.54. The highest BCUT2D eigenvalue weighted by atomic mass is 16.1. The maximum atomic E-state index is 11.3. The minimum Gasteiger partial charge on any atom is -0.355 e. The molecule has 0 bridgehead atoms. The van der Waals surface area contributed by atoms with Crippen molar-refractivity contribution in [3.05, 3.63) is 35.4 Å². The lowest BCUT2D eigenvalue weighted by Crippen LogP contribution is -2.54. The van der Waals surface area contributed by atoms with Gasteiger partial charge in [-0.2, -0.15) is 0 Å². The van der Waals surface area contributed by atoms with Crippen LogP contribution in [-0.2, 0) is 6.54 Å². The van der Waals surface area contributed by atoms with E-state index in [9.17, 15) is 4.79 Å². The molecule has 3 N–H and O–H groups in total. The van der Waals surface area contributed by atoms with E-state index in [0.29, 0.717) is 11.6 Å². The van der Waals surface area contributed by atoms with Gasteiger partial charge in [-0.1, -0.05) is 12.1 Å². The summed E-state index contributed by atoms with van der Waals surface area (Å²) in [4.78, 5) is 11.3. The summed E-state index contributed by atoms with van der Waals surface area (Å²) in [6, 6.07) is 8.29. The molecule has 2 rings (SSSR count). The Labute approximate surface area is 95.4 Å². The number of rotatable bonds is 4. The van der Waals surface area contributed by atoms with E-state index >= 15 is 0 Å². The van der Waals surface area contributed by atoms with E-state index in [1.165, 1.54) is 5.56 Å². The summed E-state index contributed by atoms with van der Waals surface area (Å²) < 4.78 is 0. The van der Waals surface area contributed by atoms with Crippen LogP contribution in [0, 0.1) is 0 Å². The molecule has 0 spiro atoms. The van der Waals surface area contributed by atoms with E-state index in [-0.39, 0.29) is 5.91 Å². The Morgan fingerprint density at radius 1 is 1.38 bits per heavy atom. The van der Waals surface area contributed by atoms with Gasteiger partial charge in [-0.25, -0.2) is 0 Å². The molecule has 0 aliphatic carbocycles. The van der Waals surface area contributed by atoms with Gasteiger partial charge in [0.25, 0.3) is 5.91 Å². The van der Waals surface area contributed by atoms with E-state index in [0.717, 1.165) is 19.6 Å². The van der Waals surface area contributed by atoms with Gasteiger partial charge in [-0.05, 0) is 17.7 Å². The molecule has 0 unspecified atom stereocenters. The number of nitrogens with one attached hydrogen (secondary N) is 3. The van der Waals surface area contributed by atoms with Gasteiger partial charge >= 0.3 is 0 Å². The normalized spacial score (nSPS) is 15.6. The van der Waals surface area contributed by atoms with Gasteiger partial charge in [0, 0.05) is 38.3 Å². The predicted octanol–water partition coefficient (Wildman–Crippen LogP) is 0.108. The molecule has 4 heteroatoms. The van der Waals surface area contributed by atoms with Crippen molar-refractivity contribution in [1.82, 2.24) is 16.0 Å². The van der Waals surface area contributed by atoms with E-state index in [1.54, 1.807) is 7.05 Å². The summed E-state index contributed by atoms with van der Waals surface area (Å²) in [5.41, 5.74) is 1.91. The van der Waals surface area contributed by atoms with Crippen molar-refractivity contribution in [3.8, 4) is 0 Å². The fourth-order valence-corrected chi connectivity index (χ4v) is 1.61. The smallest absolute Gasteiger partial charge is 0.251 e. The molecule has 1 aromatic carbocycles. The van der Waals surface area contributed by atoms with Gasteiger partial charge < -0.3 is 16.0 Å². The van der Waals surface area contributed by atoms with Crippen LogP contribution in [0.1, 0.15) is 15.9 Å². The topological polar surface area (TPSA) is 53.2 Å². The van der Waals surface area contributed by atoms with Gasteiger partial charge in [-0.15, -0.1) is 0 Å². The highest BCUT2D eigenvalue weighted by Crippen LogP contribution is 2.05. The summed E-state index contributed by atoms with van der Waals surface area (Å²) >= 11 is 0. The molecule has 0 atom stereocenters. The van der Waals surface area contributed by atoms with Gasteiger partial charge in [0.15, 0.2) is 0 Å². The fourth-order valence-electron chi connectivity index (χ4n) is 1.61. The summed E-state index contributed by atoms with van der Waals surface area (Å²) in [6.45, 7) is 2.97. The first-order valence-electron chi connectivity index (χ1n) is 5.54. The molecule has 1 aliphatic rings. The van der Waals surface area contributed by atoms with Gasteiger partial charge in [0.2, 0.25) is 0 Å². The standard InChI is InChI=1S/C12H17N3O/c1-13-12(16)10-4-2-9(3-5-10)6-15-11-7-14-8-11/h2-5,11,14-15H,6-8H2,1H3,(H,13,16). The van der Waals surface area contributed by atoms with Crippen molar-refractivity contribution in [2.45, 2.75) is 12.6 Å². The minimum atomic E-state index is -0.0392. The Morgan fingerprint density at radius 3 is 2.56 bits per heavy atom. The number of hydrogen-bond donors (Lipinski definition) is 3. The lowest BCUT2D eigenvalue weighted by molar-refractivity contribution is 0.0963. The number of hydrogen-bond acceptors (Lipinski definition) is 3. The zero-order valence-electron chi connectivity index (χ0n) is 9.42. The average Bonchev–Trinajstić information content (AvgIpc) is 2.27. The van der Waals surface area contributed by atoms with Crippen LogP contribution in [0.5, 0.6) is 0 Å². The van der Waals surface area contributed by atoms with E-state index in [1.807, 2.05) is 24.3 Å². The second kappa shape index (κ2) is 5.09. The summed E-state index contributed by atoms with van der Waals surface area (Å²) in [5, 5.41) is 9.26. The minimum absolute atomic E-state index is 0.0392. The van der Waals surface area contributed by atoms with Gasteiger partial charge in [-0.3, -0.25) is 4.79 Å². The molecule has 4 nitrogen and oxygen atoms in total. The maximum absolute atomic E-state index is 11.3. The van der Waals surface area contributed by atoms with Gasteiger partial charge in [0.1, 0.15) is 0 Å². The lowest BCUT2D eigenvalue weighted by Gasteiger charge is -2.28. The van der Waals surface area contributed by atoms with E-state index < -0.39 is 0 Å². The molecule has 1 aromatic rings. The highest BCUT2D eigenvalue weighted by Gasteiger charge is 2.15. The largest absolute Gasteiger partial charge is 0.355 e. The molecule has 1 heterocycles. The van der Waals surface area contributed by atoms with Crippen molar-refractivity contribution in [2.75, 3.05) is 20.1 Å². The maximum Gasteiger partial charge on any atom is 0.251 e. The van der Waals surface area contributed by atoms with Crippen LogP contribution in [0.2, 0.25) is 0 Å². The number of carbonyl (C=O) groups excluding carboxylic acids is 1. The quantitative estimate of drug-likeness (QED) is 0.673. The zero-order valence-corrected chi connectivity index (χ0v) is 9.42. The Bertz CT molecular complexity index is 357. The molecule has 0 saturated carbocycles. The van der Waals surface area contributed by atoms with Crippen molar-refractivity contribution in [2.24, 2.45) is 0 Å². The third kappa shape index (κ3) is 2.59. The monoisotopic (exact) mass is 219 g/mol. The molecule has 86 valence electrons. The summed E-state index contributed by atoms with van der Waals surface area (Å²) in [7, 11) is 1.64. The predicted molar refractivity (Wildman–Crippen MR) is 63.3 cm³/mol. The first kappa shape index (κ1) is 11.1. The van der Waals surface area contributed by atoms with Crippen LogP contribution in [0.15, 0.2) is 24.3 Å². The molecule has 1 aliphatic heterocycles. The zero-order chi connectivity index (χ0) is 11.4. The first-order chi connectivity index (χ1) is 7.79. The van der Waals surface area contributed by atoms with E-state index in [4.69, 9.17) is 0 Å². The van der Waals surface area contributed by atoms with Crippen molar-refractivity contribution < 1.29 is 4.79 Å². The number of amides is 1. The molecule has 1 amide bonds. The molecule has 1 fully saturated rings. The summed E-state index contributed by atoms with van der Waals surface area (Å²) in [5.74, 6) is -0.0392. The van der Waals surface area contributed by atoms with Gasteiger partial charge in [0.05, 0.1) is 0 Å². The Balaban J connectivity index is 1.88. The molecule has 0 radical (unpaired) electrons. The van der Waals surface area contributed by atoms with Crippen LogP contribution in [0.3, 0.4) is 0 Å². The second-order valence-electron chi connectivity index (χ2n) is 4.01. The Hall–Kier alpha value is -1.39. The fraction of sp³-hybridized carbons (Fsp3) is 0.417. The Kier molecular flexibility index (Phi) is 3.54. The third-order valence-corrected chi connectivity index (χ3v) is 2.82. The van der Waals surface area contributed by atoms with Crippen LogP contribution in [0.4, 0.5) is 0 Å². The Morgan fingerprint density at radius 2 is 2.06 bits per heavy atom. The van der Waals surface area contributed by atoms with Crippen LogP contribution < -0.4 is 16.0 Å². The van der Waals surface area contributed by atoms with Crippen LogP contribution in [0.25, 0.3) is 0 Å². The molecule has 0 aromatic heterocycles. The summed E-state index contributed by atoms with van der Waals surface area (Å²) in [6.07, 6.45) is 0. The van der Waals surface area contributed by atoms with Crippen molar-refractivity contribution >= 4 is 5.91 Å². The average molecular weight is 219 g/mol. The third-order valence-electron chi connectivity index (χ3n) is 2.82. The number of carbonyl (C=O) groups is 1. The lowest BCUT2D eigenvalue weighted by atomic mass is 10.1. The molecular weight excluding hydrogens is 202 g/mol. The number of benzene rings is 1. The molecular formula is C12H17N3O. The second-order valence-corrected chi connectivity index (χ2v) is 4.01. The van der Waals surface area contributed by atoms with E-state index in [2.05, 4.69) is 16.0 Å². The molecule has 16 heavy (non-hydrogen) atoms. The highest BCUT2D eigenvalue weighted by molar-refractivity contribution is 5.93. The molecule has 1 saturated heterocycles. The SMILES string of the molecule is CNC(=O)c1ccc(CNC2CNC2)cc1. The van der Waals surface area contributed by atoms with Crippen LogP contribution in [-0.4, -0.2) is 32.1 Å². The van der Waals surface area contributed by atoms with Crippen molar-refractivity contribution in [3.63, 3.8) is 0 Å². The van der Waals surface area contributed by atoms with Crippen molar-refractivity contribution in [1.29, 1.82) is 0 Å². The van der Waals surface area contributed by atoms with Crippen LogP contribution >= 0.6 is 0 Å².